The maximum atomic E-state index is 12.2. The fourth-order valence-electron chi connectivity index (χ4n) is 3.29. The second kappa shape index (κ2) is 8.92. The molecule has 1 saturated heterocycles. The molecule has 134 valence electrons. The van der Waals surface area contributed by atoms with Gasteiger partial charge >= 0.3 is 0 Å². The lowest BCUT2D eigenvalue weighted by molar-refractivity contribution is -0.122. The topological polar surface area (TPSA) is 84.1 Å². The average molecular weight is 359 g/mol. The van der Waals surface area contributed by atoms with Gasteiger partial charge in [-0.15, -0.1) is 10.2 Å². The molecular formula is C18H25N5OS. The van der Waals surface area contributed by atoms with Gasteiger partial charge in [-0.3, -0.25) is 9.69 Å². The van der Waals surface area contributed by atoms with E-state index < -0.39 is 0 Å². The summed E-state index contributed by atoms with van der Waals surface area (Å²) in [6.45, 7) is 3.10. The molecule has 0 radical (unpaired) electrons. The van der Waals surface area contributed by atoms with Crippen molar-refractivity contribution >= 4 is 22.4 Å². The van der Waals surface area contributed by atoms with Crippen LogP contribution in [0.1, 0.15) is 35.8 Å². The predicted octanol–water partition coefficient (Wildman–Crippen LogP) is 2.05. The Kier molecular flexibility index (Phi) is 6.36. The van der Waals surface area contributed by atoms with E-state index in [0.717, 1.165) is 37.4 Å². The molecule has 0 saturated carbocycles. The molecule has 1 aliphatic heterocycles. The zero-order chi connectivity index (χ0) is 17.5. The summed E-state index contributed by atoms with van der Waals surface area (Å²) in [4.78, 5) is 14.4. The van der Waals surface area contributed by atoms with Crippen LogP contribution in [0.5, 0.6) is 0 Å². The van der Waals surface area contributed by atoms with Crippen LogP contribution in [-0.4, -0.2) is 47.2 Å². The van der Waals surface area contributed by atoms with Crippen LogP contribution in [0.25, 0.3) is 0 Å². The number of aryl methyl sites for hydroxylation is 1. The van der Waals surface area contributed by atoms with E-state index in [0.29, 0.717) is 24.1 Å². The van der Waals surface area contributed by atoms with Gasteiger partial charge in [0, 0.05) is 19.5 Å². The number of carbonyl (C=O) groups excluding carboxylic acids is 1. The maximum Gasteiger partial charge on any atom is 0.234 e. The van der Waals surface area contributed by atoms with Gasteiger partial charge in [-0.05, 0) is 37.3 Å². The molecule has 6 nitrogen and oxygen atoms in total. The number of benzene rings is 1. The molecule has 25 heavy (non-hydrogen) atoms. The number of likely N-dealkylation sites (tertiary alicyclic amines) is 1. The number of nitrogens with two attached hydrogens (primary N) is 1. The van der Waals surface area contributed by atoms with E-state index >= 15 is 0 Å². The minimum absolute atomic E-state index is 0.102. The molecule has 3 rings (SSSR count). The average Bonchev–Trinajstić information content (AvgIpc) is 3.05. The Morgan fingerprint density at radius 2 is 2.16 bits per heavy atom. The van der Waals surface area contributed by atoms with E-state index in [-0.39, 0.29) is 5.91 Å². The summed E-state index contributed by atoms with van der Waals surface area (Å²) in [5, 5.41) is 12.2. The summed E-state index contributed by atoms with van der Waals surface area (Å²) in [6, 6.07) is 10.6. The number of carbonyl (C=O) groups is 1. The van der Waals surface area contributed by atoms with Crippen LogP contribution in [0.15, 0.2) is 30.3 Å². The lowest BCUT2D eigenvalue weighted by atomic mass is 9.91. The standard InChI is InChI=1S/C18H25N5OS/c19-18-22-21-17(25-18)9-4-10-20-16(24)13-23-11-5-8-15(12-23)14-6-2-1-3-7-14/h1-3,6-7,15H,4-5,8-13H2,(H2,19,22)(H,20,24)/t15-/m0/s1. The van der Waals surface area contributed by atoms with Gasteiger partial charge in [0.2, 0.25) is 11.0 Å². The van der Waals surface area contributed by atoms with Crippen molar-refractivity contribution in [1.82, 2.24) is 20.4 Å². The highest BCUT2D eigenvalue weighted by Crippen LogP contribution is 2.26. The predicted molar refractivity (Wildman–Crippen MR) is 101 cm³/mol. The van der Waals surface area contributed by atoms with Gasteiger partial charge in [0.25, 0.3) is 0 Å². The van der Waals surface area contributed by atoms with Gasteiger partial charge in [-0.25, -0.2) is 0 Å². The summed E-state index contributed by atoms with van der Waals surface area (Å²) in [6.07, 6.45) is 4.00. The molecule has 1 aliphatic rings. The Hall–Kier alpha value is -1.99. The number of nitrogens with one attached hydrogen (secondary N) is 1. The smallest absolute Gasteiger partial charge is 0.234 e. The van der Waals surface area contributed by atoms with Crippen LogP contribution in [0.2, 0.25) is 0 Å². The zero-order valence-corrected chi connectivity index (χ0v) is 15.2. The fourth-order valence-corrected chi connectivity index (χ4v) is 3.94. The number of rotatable bonds is 7. The first kappa shape index (κ1) is 17.8. The molecule has 1 aromatic heterocycles. The van der Waals surface area contributed by atoms with E-state index in [9.17, 15) is 4.79 Å². The van der Waals surface area contributed by atoms with E-state index in [1.807, 2.05) is 6.07 Å². The Morgan fingerprint density at radius 1 is 1.32 bits per heavy atom. The van der Waals surface area contributed by atoms with Crippen molar-refractivity contribution in [3.8, 4) is 0 Å². The van der Waals surface area contributed by atoms with Crippen molar-refractivity contribution < 1.29 is 4.79 Å². The first-order valence-corrected chi connectivity index (χ1v) is 9.64. The summed E-state index contributed by atoms with van der Waals surface area (Å²) < 4.78 is 0. The molecular weight excluding hydrogens is 334 g/mol. The van der Waals surface area contributed by atoms with Gasteiger partial charge in [-0.1, -0.05) is 41.7 Å². The van der Waals surface area contributed by atoms with Crippen molar-refractivity contribution in [2.24, 2.45) is 0 Å². The van der Waals surface area contributed by atoms with E-state index in [2.05, 4.69) is 44.7 Å². The lowest BCUT2D eigenvalue weighted by Crippen LogP contribution is -2.42. The molecule has 1 fully saturated rings. The van der Waals surface area contributed by atoms with Crippen LogP contribution < -0.4 is 11.1 Å². The number of aromatic nitrogens is 2. The van der Waals surface area contributed by atoms with Crippen LogP contribution in [0, 0.1) is 0 Å². The number of nitrogens with zero attached hydrogens (tertiary/aromatic N) is 3. The van der Waals surface area contributed by atoms with Crippen LogP contribution >= 0.6 is 11.3 Å². The lowest BCUT2D eigenvalue weighted by Gasteiger charge is -2.32. The SMILES string of the molecule is Nc1nnc(CCCNC(=O)CN2CCC[C@H](c3ccccc3)C2)s1. The van der Waals surface area contributed by atoms with Crippen LogP contribution in [0.4, 0.5) is 5.13 Å². The molecule has 1 atom stereocenters. The Bertz CT molecular complexity index is 675. The molecule has 3 N–H and O–H groups in total. The quantitative estimate of drug-likeness (QED) is 0.739. The highest BCUT2D eigenvalue weighted by molar-refractivity contribution is 7.15. The molecule has 2 aromatic rings. The first-order valence-electron chi connectivity index (χ1n) is 8.82. The van der Waals surface area contributed by atoms with Gasteiger partial charge < -0.3 is 11.1 Å². The number of hydrogen-bond donors (Lipinski definition) is 2. The third kappa shape index (κ3) is 5.51. The van der Waals surface area contributed by atoms with Crippen molar-refractivity contribution in [2.75, 3.05) is 31.9 Å². The molecule has 0 bridgehead atoms. The van der Waals surface area contributed by atoms with E-state index in [1.54, 1.807) is 0 Å². The minimum Gasteiger partial charge on any atom is -0.374 e. The Morgan fingerprint density at radius 3 is 2.92 bits per heavy atom. The number of nitrogen functional groups attached to an aromatic ring is 1. The normalized spacial score (nSPS) is 18.2. The maximum absolute atomic E-state index is 12.2. The van der Waals surface area contributed by atoms with Crippen molar-refractivity contribution in [3.05, 3.63) is 40.9 Å². The Labute approximate surface area is 152 Å². The third-order valence-electron chi connectivity index (χ3n) is 4.52. The number of amides is 1. The highest BCUT2D eigenvalue weighted by Gasteiger charge is 2.22. The molecule has 0 aliphatic carbocycles. The van der Waals surface area contributed by atoms with Crippen molar-refractivity contribution in [3.63, 3.8) is 0 Å². The first-order chi connectivity index (χ1) is 12.2. The summed E-state index contributed by atoms with van der Waals surface area (Å²) in [5.74, 6) is 0.635. The van der Waals surface area contributed by atoms with E-state index in [4.69, 9.17) is 5.73 Å². The highest BCUT2D eigenvalue weighted by atomic mass is 32.1. The molecule has 2 heterocycles. The summed E-state index contributed by atoms with van der Waals surface area (Å²) in [7, 11) is 0. The number of anilines is 1. The second-order valence-corrected chi connectivity index (χ2v) is 7.57. The van der Waals surface area contributed by atoms with Gasteiger partial charge in [0.15, 0.2) is 0 Å². The monoisotopic (exact) mass is 359 g/mol. The molecule has 0 unspecified atom stereocenters. The van der Waals surface area contributed by atoms with Crippen LogP contribution in [-0.2, 0) is 11.2 Å². The number of hydrogen-bond acceptors (Lipinski definition) is 6. The molecule has 1 aromatic carbocycles. The van der Waals surface area contributed by atoms with Gasteiger partial charge in [-0.2, -0.15) is 0 Å². The zero-order valence-electron chi connectivity index (χ0n) is 14.4. The third-order valence-corrected chi connectivity index (χ3v) is 5.33. The molecule has 0 spiro atoms. The van der Waals surface area contributed by atoms with Crippen LogP contribution in [0.3, 0.4) is 0 Å². The molecule has 7 heteroatoms. The molecule has 1 amide bonds. The number of piperidine rings is 1. The van der Waals surface area contributed by atoms with Crippen molar-refractivity contribution in [2.45, 2.75) is 31.6 Å². The van der Waals surface area contributed by atoms with Gasteiger partial charge in [0.1, 0.15) is 5.01 Å². The van der Waals surface area contributed by atoms with Crippen molar-refractivity contribution in [1.29, 1.82) is 0 Å². The van der Waals surface area contributed by atoms with Gasteiger partial charge in [0.05, 0.1) is 6.54 Å². The Balaban J connectivity index is 1.37. The minimum atomic E-state index is 0.102. The summed E-state index contributed by atoms with van der Waals surface area (Å²) >= 11 is 1.41. The second-order valence-electron chi connectivity index (χ2n) is 6.47. The largest absolute Gasteiger partial charge is 0.374 e. The van der Waals surface area contributed by atoms with E-state index in [1.165, 1.54) is 23.3 Å². The fraction of sp³-hybridized carbons (Fsp3) is 0.500. The summed E-state index contributed by atoms with van der Waals surface area (Å²) in [5.41, 5.74) is 6.94.